The minimum absolute atomic E-state index is 0.00548. The molecule has 0 heterocycles. The molecule has 160 valence electrons. The van der Waals surface area contributed by atoms with Gasteiger partial charge in [-0.25, -0.2) is 0 Å². The first-order valence-electron chi connectivity index (χ1n) is 8.63. The summed E-state index contributed by atoms with van der Waals surface area (Å²) < 4.78 is 38.5. The van der Waals surface area contributed by atoms with E-state index in [-0.39, 0.29) is 28.6 Å². The molecular weight excluding hydrogens is 423 g/mol. The average Bonchev–Trinajstić information content (AvgIpc) is 2.72. The van der Waals surface area contributed by atoms with Crippen molar-refractivity contribution in [2.75, 3.05) is 14.2 Å². The van der Waals surface area contributed by atoms with Crippen LogP contribution in [0.25, 0.3) is 0 Å². The van der Waals surface area contributed by atoms with Gasteiger partial charge in [0.05, 0.1) is 16.3 Å². The molecule has 2 aromatic rings. The van der Waals surface area contributed by atoms with Crippen LogP contribution in [0.5, 0.6) is 0 Å². The first-order valence-corrected chi connectivity index (χ1v) is 9.01. The summed E-state index contributed by atoms with van der Waals surface area (Å²) in [6, 6.07) is 9.61. The lowest BCUT2D eigenvalue weighted by Crippen LogP contribution is -2.29. The third-order valence-electron chi connectivity index (χ3n) is 3.95. The Morgan fingerprint density at radius 2 is 1.90 bits per heavy atom. The Morgan fingerprint density at radius 3 is 2.53 bits per heavy atom. The Kier molecular flexibility index (Phi) is 7.82. The average molecular weight is 442 g/mol. The van der Waals surface area contributed by atoms with Gasteiger partial charge in [-0.2, -0.15) is 13.2 Å². The molecule has 6 nitrogen and oxygen atoms in total. The predicted octanol–water partition coefficient (Wildman–Crippen LogP) is 4.40. The molecule has 10 heteroatoms. The molecule has 0 bridgehead atoms. The summed E-state index contributed by atoms with van der Waals surface area (Å²) in [6.45, 7) is 1.53. The van der Waals surface area contributed by atoms with E-state index in [0.717, 1.165) is 12.1 Å². The highest BCUT2D eigenvalue weighted by atomic mass is 35.5. The van der Waals surface area contributed by atoms with E-state index in [2.05, 4.69) is 15.6 Å². The molecule has 2 rings (SSSR count). The molecule has 0 unspecified atom stereocenters. The van der Waals surface area contributed by atoms with Gasteiger partial charge in [0.1, 0.15) is 13.7 Å². The van der Waals surface area contributed by atoms with Crippen LogP contribution in [-0.4, -0.2) is 31.5 Å². The zero-order valence-electron chi connectivity index (χ0n) is 16.4. The highest BCUT2D eigenvalue weighted by Gasteiger charge is 2.30. The van der Waals surface area contributed by atoms with E-state index < -0.39 is 17.6 Å². The summed E-state index contributed by atoms with van der Waals surface area (Å²) in [4.78, 5) is 22.0. The maximum absolute atomic E-state index is 12.8. The van der Waals surface area contributed by atoms with Gasteiger partial charge in [0.25, 0.3) is 5.91 Å². The van der Waals surface area contributed by atoms with E-state index in [1.54, 1.807) is 18.2 Å². The van der Waals surface area contributed by atoms with Crippen molar-refractivity contribution in [2.24, 2.45) is 10.3 Å². The van der Waals surface area contributed by atoms with E-state index in [1.165, 1.54) is 33.2 Å². The predicted molar refractivity (Wildman–Crippen MR) is 108 cm³/mol. The molecule has 30 heavy (non-hydrogen) atoms. The SMILES string of the molecule is CNC(=O)/C(=N/OC)c1cc(CO/N=C(\C)c2cccc(C(F)(F)F)c2)ccc1Cl. The number of likely N-dealkylation sites (N-methyl/N-ethyl adjacent to an activating group) is 1. The highest BCUT2D eigenvalue weighted by molar-refractivity contribution is 6.48. The van der Waals surface area contributed by atoms with Crippen molar-refractivity contribution >= 4 is 28.9 Å². The summed E-state index contributed by atoms with van der Waals surface area (Å²) in [7, 11) is 2.74. The molecule has 0 aliphatic carbocycles. The molecule has 0 fully saturated rings. The van der Waals surface area contributed by atoms with Gasteiger partial charge in [0.2, 0.25) is 0 Å². The Hall–Kier alpha value is -3.07. The second-order valence-electron chi connectivity index (χ2n) is 6.04. The van der Waals surface area contributed by atoms with Crippen molar-refractivity contribution in [1.29, 1.82) is 0 Å². The number of oxime groups is 2. The minimum atomic E-state index is -4.44. The van der Waals surface area contributed by atoms with Crippen LogP contribution < -0.4 is 5.32 Å². The number of halogens is 4. The number of carbonyl (C=O) groups is 1. The molecule has 0 saturated heterocycles. The molecule has 2 aromatic carbocycles. The number of hydrogen-bond donors (Lipinski definition) is 1. The van der Waals surface area contributed by atoms with Crippen molar-refractivity contribution in [3.63, 3.8) is 0 Å². The molecule has 1 N–H and O–H groups in total. The van der Waals surface area contributed by atoms with Crippen LogP contribution in [0.15, 0.2) is 52.8 Å². The quantitative estimate of drug-likeness (QED) is 0.511. The van der Waals surface area contributed by atoms with Gasteiger partial charge in [-0.3, -0.25) is 4.79 Å². The smallest absolute Gasteiger partial charge is 0.398 e. The van der Waals surface area contributed by atoms with Gasteiger partial charge in [0, 0.05) is 12.6 Å². The molecular formula is C20H19ClF3N3O3. The summed E-state index contributed by atoms with van der Waals surface area (Å²) in [5, 5.41) is 10.3. The third kappa shape index (κ3) is 5.96. The van der Waals surface area contributed by atoms with Crippen LogP contribution in [0.4, 0.5) is 13.2 Å². The van der Waals surface area contributed by atoms with Crippen molar-refractivity contribution in [2.45, 2.75) is 19.7 Å². The molecule has 0 spiro atoms. The number of nitrogens with one attached hydrogen (secondary N) is 1. The number of benzene rings is 2. The fourth-order valence-corrected chi connectivity index (χ4v) is 2.65. The second kappa shape index (κ2) is 10.1. The third-order valence-corrected chi connectivity index (χ3v) is 4.28. The number of carbonyl (C=O) groups excluding carboxylic acids is 1. The Morgan fingerprint density at radius 1 is 1.17 bits per heavy atom. The Bertz CT molecular complexity index is 975. The summed E-state index contributed by atoms with van der Waals surface area (Å²) >= 11 is 6.17. The Labute approximate surface area is 176 Å². The second-order valence-corrected chi connectivity index (χ2v) is 6.45. The minimum Gasteiger partial charge on any atom is -0.398 e. The maximum atomic E-state index is 12.8. The van der Waals surface area contributed by atoms with Gasteiger partial charge in [-0.1, -0.05) is 40.1 Å². The van der Waals surface area contributed by atoms with Crippen LogP contribution in [-0.2, 0) is 27.3 Å². The van der Waals surface area contributed by atoms with Crippen LogP contribution >= 0.6 is 11.6 Å². The maximum Gasteiger partial charge on any atom is 0.416 e. The van der Waals surface area contributed by atoms with Gasteiger partial charge in [-0.15, -0.1) is 0 Å². The lowest BCUT2D eigenvalue weighted by Gasteiger charge is -2.10. The molecule has 1 amide bonds. The topological polar surface area (TPSA) is 72.3 Å². The van der Waals surface area contributed by atoms with E-state index in [0.29, 0.717) is 11.1 Å². The fourth-order valence-electron chi connectivity index (χ4n) is 2.44. The van der Waals surface area contributed by atoms with Crippen LogP contribution in [0.3, 0.4) is 0 Å². The number of hydrogen-bond acceptors (Lipinski definition) is 5. The number of nitrogens with zero attached hydrogens (tertiary/aromatic N) is 2. The fraction of sp³-hybridized carbons (Fsp3) is 0.250. The van der Waals surface area contributed by atoms with E-state index >= 15 is 0 Å². The summed E-state index contributed by atoms with van der Waals surface area (Å²) in [5.41, 5.74) is 0.727. The van der Waals surface area contributed by atoms with Crippen molar-refractivity contribution in [1.82, 2.24) is 5.32 Å². The summed E-state index contributed by atoms with van der Waals surface area (Å²) in [5.74, 6) is -0.491. The molecule has 0 atom stereocenters. The van der Waals surface area contributed by atoms with E-state index in [9.17, 15) is 18.0 Å². The summed E-state index contributed by atoms with van der Waals surface area (Å²) in [6.07, 6.45) is -4.44. The highest BCUT2D eigenvalue weighted by Crippen LogP contribution is 2.29. The van der Waals surface area contributed by atoms with E-state index in [1.807, 2.05) is 0 Å². The van der Waals surface area contributed by atoms with E-state index in [4.69, 9.17) is 21.3 Å². The molecule has 0 saturated carbocycles. The molecule has 0 aliphatic heterocycles. The molecule has 0 aliphatic rings. The monoisotopic (exact) mass is 441 g/mol. The van der Waals surface area contributed by atoms with Gasteiger partial charge in [-0.05, 0) is 42.3 Å². The molecule has 0 radical (unpaired) electrons. The van der Waals surface area contributed by atoms with Crippen molar-refractivity contribution in [3.8, 4) is 0 Å². The van der Waals surface area contributed by atoms with Crippen LogP contribution in [0.1, 0.15) is 29.2 Å². The van der Waals surface area contributed by atoms with Gasteiger partial charge in [0.15, 0.2) is 5.71 Å². The number of alkyl halides is 3. The normalized spacial score (nSPS) is 12.5. The number of rotatable bonds is 7. The standard InChI is InChI=1S/C20H19ClF3N3O3/c1-12(14-5-4-6-15(10-14)20(22,23)24)26-30-11-13-7-8-17(21)16(9-13)18(27-29-3)19(28)25-2/h4-10H,11H2,1-3H3,(H,25,28)/b26-12+,27-18+. The van der Waals surface area contributed by atoms with Crippen LogP contribution in [0, 0.1) is 0 Å². The van der Waals surface area contributed by atoms with Gasteiger partial charge < -0.3 is 15.0 Å². The largest absolute Gasteiger partial charge is 0.416 e. The first-order chi connectivity index (χ1) is 14.2. The lowest BCUT2D eigenvalue weighted by molar-refractivity contribution is -0.137. The van der Waals surface area contributed by atoms with Crippen LogP contribution in [0.2, 0.25) is 5.02 Å². The molecule has 0 aromatic heterocycles. The van der Waals surface area contributed by atoms with Gasteiger partial charge >= 0.3 is 6.18 Å². The van der Waals surface area contributed by atoms with Crippen molar-refractivity contribution in [3.05, 3.63) is 69.7 Å². The zero-order valence-corrected chi connectivity index (χ0v) is 17.1. The lowest BCUT2D eigenvalue weighted by atomic mass is 10.1. The first kappa shape index (κ1) is 23.2. The Balaban J connectivity index is 2.18. The zero-order chi connectivity index (χ0) is 22.3. The number of amides is 1. The van der Waals surface area contributed by atoms with Crippen molar-refractivity contribution < 1.29 is 27.6 Å².